The molecular weight excluding hydrogens is 460 g/mol. The Bertz CT molecular complexity index is 1260. The Balaban J connectivity index is 1.17. The summed E-state index contributed by atoms with van der Waals surface area (Å²) in [5.74, 6) is 3.06. The minimum Gasteiger partial charge on any atom is -0.494 e. The van der Waals surface area contributed by atoms with E-state index in [0.717, 1.165) is 68.4 Å². The molecule has 0 N–H and O–H groups in total. The largest absolute Gasteiger partial charge is 0.494 e. The molecule has 2 aromatic rings. The number of allylic oxidation sites excluding steroid dienone is 2. The Morgan fingerprint density at radius 2 is 2.00 bits per heavy atom. The van der Waals surface area contributed by atoms with E-state index in [-0.39, 0.29) is 10.8 Å². The quantitative estimate of drug-likeness (QED) is 0.339. The van der Waals surface area contributed by atoms with Gasteiger partial charge in [-0.2, -0.15) is 0 Å². The molecule has 0 saturated heterocycles. The van der Waals surface area contributed by atoms with Gasteiger partial charge in [-0.25, -0.2) is 4.98 Å². The Kier molecular flexibility index (Phi) is 6.21. The molecule has 194 valence electrons. The Labute approximate surface area is 220 Å². The first-order valence-electron chi connectivity index (χ1n) is 14.0. The lowest BCUT2D eigenvalue weighted by atomic mass is 9.47. The predicted octanol–water partition coefficient (Wildman–Crippen LogP) is 6.45. The first kappa shape index (κ1) is 24.4. The lowest BCUT2D eigenvalue weighted by Gasteiger charge is -2.56. The van der Waals surface area contributed by atoms with Crippen molar-refractivity contribution in [1.29, 1.82) is 0 Å². The summed E-state index contributed by atoms with van der Waals surface area (Å²) in [5, 5.41) is 0. The minimum absolute atomic E-state index is 0.136. The molecule has 0 amide bonds. The van der Waals surface area contributed by atoms with E-state index in [4.69, 9.17) is 4.74 Å². The molecule has 1 heterocycles. The highest BCUT2D eigenvalue weighted by Gasteiger charge is 2.60. The fourth-order valence-corrected chi connectivity index (χ4v) is 8.11. The van der Waals surface area contributed by atoms with Crippen molar-refractivity contribution in [2.45, 2.75) is 71.8 Å². The second-order valence-corrected chi connectivity index (χ2v) is 12.2. The molecule has 1 aromatic heterocycles. The van der Waals surface area contributed by atoms with Gasteiger partial charge < -0.3 is 9.30 Å². The number of benzene rings is 1. The number of aryl methyl sites for hydroxylation is 1. The zero-order valence-electron chi connectivity index (χ0n) is 22.1. The number of ketones is 2. The first-order valence-corrected chi connectivity index (χ1v) is 14.0. The van der Waals surface area contributed by atoms with Crippen LogP contribution < -0.4 is 4.74 Å². The van der Waals surface area contributed by atoms with E-state index < -0.39 is 0 Å². The van der Waals surface area contributed by atoms with Crippen molar-refractivity contribution < 1.29 is 14.3 Å². The van der Waals surface area contributed by atoms with Crippen LogP contribution >= 0.6 is 0 Å². The van der Waals surface area contributed by atoms with E-state index in [0.29, 0.717) is 42.3 Å². The summed E-state index contributed by atoms with van der Waals surface area (Å²) < 4.78 is 8.07. The van der Waals surface area contributed by atoms with Crippen LogP contribution in [0.1, 0.15) is 70.8 Å². The second-order valence-electron chi connectivity index (χ2n) is 12.2. The molecule has 0 spiro atoms. The van der Waals surface area contributed by atoms with E-state index in [9.17, 15) is 9.59 Å². The summed E-state index contributed by atoms with van der Waals surface area (Å²) in [6, 6.07) is 8.14. The minimum atomic E-state index is -0.253. The third-order valence-electron chi connectivity index (χ3n) is 10.2. The number of fused-ring (bicyclic) bond motifs is 5. The number of hydrogen-bond acceptors (Lipinski definition) is 4. The van der Waals surface area contributed by atoms with Gasteiger partial charge in [-0.3, -0.25) is 9.59 Å². The smallest absolute Gasteiger partial charge is 0.165 e. The summed E-state index contributed by atoms with van der Waals surface area (Å²) in [6.45, 7) is 6.16. The van der Waals surface area contributed by atoms with Gasteiger partial charge in [0.05, 0.1) is 12.9 Å². The maximum absolute atomic E-state index is 13.8. The SMILES string of the molecule is C[C@]12CCC(=O)C=C1CCC1C2CC[C@]2(C)C(=O)/C(=C/c3cccc(OCCCn4ccnc4)c3)CC12. The number of carbonyl (C=O) groups is 2. The van der Waals surface area contributed by atoms with E-state index >= 15 is 0 Å². The van der Waals surface area contributed by atoms with Crippen molar-refractivity contribution in [3.05, 3.63) is 65.8 Å². The lowest BCUT2D eigenvalue weighted by molar-refractivity contribution is -0.130. The normalized spacial score (nSPS) is 34.1. The molecule has 4 aliphatic rings. The Hall–Kier alpha value is -2.95. The van der Waals surface area contributed by atoms with Gasteiger partial charge >= 0.3 is 0 Å². The van der Waals surface area contributed by atoms with Crippen LogP contribution in [0.15, 0.2) is 60.2 Å². The van der Waals surface area contributed by atoms with E-state index in [1.807, 2.05) is 30.7 Å². The molecular formula is C32H38N2O3. The van der Waals surface area contributed by atoms with Crippen molar-refractivity contribution >= 4 is 17.6 Å². The maximum Gasteiger partial charge on any atom is 0.165 e. The van der Waals surface area contributed by atoms with Gasteiger partial charge in [0.1, 0.15) is 5.75 Å². The molecule has 5 atom stereocenters. The fourth-order valence-electron chi connectivity index (χ4n) is 8.11. The number of rotatable bonds is 6. The molecule has 0 aliphatic heterocycles. The topological polar surface area (TPSA) is 61.2 Å². The van der Waals surface area contributed by atoms with Crippen LogP contribution in [-0.4, -0.2) is 27.7 Å². The number of nitrogens with zero attached hydrogens (tertiary/aromatic N) is 2. The molecule has 1 aromatic carbocycles. The van der Waals surface area contributed by atoms with Gasteiger partial charge in [0, 0.05) is 30.8 Å². The number of imidazole rings is 1. The third kappa shape index (κ3) is 4.30. The number of Topliss-reactive ketones (excluding diaryl/α,β-unsaturated/α-hetero) is 1. The molecule has 3 fully saturated rings. The Morgan fingerprint density at radius 1 is 1.11 bits per heavy atom. The average Bonchev–Trinajstić information content (AvgIpc) is 3.49. The van der Waals surface area contributed by atoms with Crippen molar-refractivity contribution in [3.63, 3.8) is 0 Å². The van der Waals surface area contributed by atoms with Crippen molar-refractivity contribution in [2.75, 3.05) is 6.61 Å². The van der Waals surface area contributed by atoms with E-state index in [1.165, 1.54) is 5.57 Å². The summed E-state index contributed by atoms with van der Waals surface area (Å²) in [5.41, 5.74) is 3.29. The second kappa shape index (κ2) is 9.41. The molecule has 5 heteroatoms. The van der Waals surface area contributed by atoms with Crippen LogP contribution in [0.5, 0.6) is 5.75 Å². The van der Waals surface area contributed by atoms with Crippen LogP contribution in [0.4, 0.5) is 0 Å². The number of carbonyl (C=O) groups excluding carboxylic acids is 2. The first-order chi connectivity index (χ1) is 17.9. The highest BCUT2D eigenvalue weighted by atomic mass is 16.5. The van der Waals surface area contributed by atoms with E-state index in [1.54, 1.807) is 6.20 Å². The van der Waals surface area contributed by atoms with Gasteiger partial charge in [-0.15, -0.1) is 0 Å². The predicted molar refractivity (Wildman–Crippen MR) is 144 cm³/mol. The molecule has 3 saturated carbocycles. The monoisotopic (exact) mass is 498 g/mol. The maximum atomic E-state index is 13.8. The zero-order valence-corrected chi connectivity index (χ0v) is 22.1. The number of aromatic nitrogens is 2. The highest BCUT2D eigenvalue weighted by molar-refractivity contribution is 6.06. The fraction of sp³-hybridized carbons (Fsp3) is 0.531. The van der Waals surface area contributed by atoms with Crippen LogP contribution in [0, 0.1) is 28.6 Å². The van der Waals surface area contributed by atoms with Gasteiger partial charge in [-0.05, 0) is 104 Å². The Morgan fingerprint density at radius 3 is 2.84 bits per heavy atom. The third-order valence-corrected chi connectivity index (χ3v) is 10.2. The molecule has 0 bridgehead atoms. The average molecular weight is 499 g/mol. The van der Waals surface area contributed by atoms with Gasteiger partial charge in [0.15, 0.2) is 11.6 Å². The number of ether oxygens (including phenoxy) is 1. The van der Waals surface area contributed by atoms with Crippen LogP contribution in [0.25, 0.3) is 6.08 Å². The molecule has 6 rings (SSSR count). The van der Waals surface area contributed by atoms with Crippen LogP contribution in [0.3, 0.4) is 0 Å². The van der Waals surface area contributed by atoms with Crippen molar-refractivity contribution in [1.82, 2.24) is 9.55 Å². The molecule has 0 radical (unpaired) electrons. The molecule has 4 aliphatic carbocycles. The standard InChI is InChI=1S/C32H38N2O3/c1-31-11-9-25(35)20-24(31)7-8-27-28(31)10-12-32(2)29(27)19-23(30(32)36)17-22-5-3-6-26(18-22)37-16-4-14-34-15-13-33-21-34/h3,5-6,13,15,17-18,20-21,27-29H,4,7-12,14,16,19H2,1-2H3/b23-17+/t27?,28?,29?,31-,32-/m0/s1. The number of hydrogen-bond donors (Lipinski definition) is 0. The summed E-state index contributed by atoms with van der Waals surface area (Å²) in [4.78, 5) is 30.0. The van der Waals surface area contributed by atoms with Gasteiger partial charge in [0.25, 0.3) is 0 Å². The van der Waals surface area contributed by atoms with Crippen LogP contribution in [0.2, 0.25) is 0 Å². The van der Waals surface area contributed by atoms with Crippen LogP contribution in [-0.2, 0) is 16.1 Å². The zero-order chi connectivity index (χ0) is 25.6. The highest BCUT2D eigenvalue weighted by Crippen LogP contribution is 2.65. The van der Waals surface area contributed by atoms with Gasteiger partial charge in [-0.1, -0.05) is 31.6 Å². The van der Waals surface area contributed by atoms with Crippen molar-refractivity contribution in [3.8, 4) is 5.75 Å². The molecule has 3 unspecified atom stereocenters. The lowest BCUT2D eigenvalue weighted by Crippen LogP contribution is -2.50. The molecule has 37 heavy (non-hydrogen) atoms. The molecule has 5 nitrogen and oxygen atoms in total. The summed E-state index contributed by atoms with van der Waals surface area (Å²) >= 11 is 0. The van der Waals surface area contributed by atoms with E-state index in [2.05, 4.69) is 41.6 Å². The summed E-state index contributed by atoms with van der Waals surface area (Å²) in [6.07, 6.45) is 17.3. The van der Waals surface area contributed by atoms with Gasteiger partial charge in [0.2, 0.25) is 0 Å². The van der Waals surface area contributed by atoms with Crippen molar-refractivity contribution in [2.24, 2.45) is 28.6 Å². The summed E-state index contributed by atoms with van der Waals surface area (Å²) in [7, 11) is 0.